The second-order valence-electron chi connectivity index (χ2n) is 5.13. The van der Waals surface area contributed by atoms with Gasteiger partial charge in [-0.25, -0.2) is 9.78 Å². The standard InChI is InChI=1S/C17H14N2O2/c1-10-4-5-13(8-14(10)18-9-20)17-19-15-6-11(2)12(3)7-16(15)21-17/h4-8H,1-3H3. The van der Waals surface area contributed by atoms with E-state index >= 15 is 0 Å². The summed E-state index contributed by atoms with van der Waals surface area (Å²) in [5.74, 6) is 0.525. The van der Waals surface area contributed by atoms with Crippen LogP contribution in [0.2, 0.25) is 0 Å². The van der Waals surface area contributed by atoms with Crippen LogP contribution in [0.4, 0.5) is 5.69 Å². The lowest BCUT2D eigenvalue weighted by Crippen LogP contribution is -1.81. The second kappa shape index (κ2) is 5.00. The van der Waals surface area contributed by atoms with Gasteiger partial charge in [-0.05, 0) is 61.7 Å². The molecular weight excluding hydrogens is 264 g/mol. The van der Waals surface area contributed by atoms with Gasteiger partial charge in [0.1, 0.15) is 5.52 Å². The van der Waals surface area contributed by atoms with Crippen LogP contribution in [0.25, 0.3) is 22.6 Å². The molecular formula is C17H14N2O2. The number of aromatic nitrogens is 1. The lowest BCUT2D eigenvalue weighted by molar-refractivity contribution is 0.565. The zero-order valence-corrected chi connectivity index (χ0v) is 12.1. The predicted octanol–water partition coefficient (Wildman–Crippen LogP) is 4.39. The summed E-state index contributed by atoms with van der Waals surface area (Å²) in [5.41, 5.74) is 6.21. The van der Waals surface area contributed by atoms with Gasteiger partial charge in [-0.2, -0.15) is 4.99 Å². The van der Waals surface area contributed by atoms with Crippen molar-refractivity contribution < 1.29 is 9.21 Å². The second-order valence-corrected chi connectivity index (χ2v) is 5.13. The fourth-order valence-electron chi connectivity index (χ4n) is 2.22. The maximum Gasteiger partial charge on any atom is 0.240 e. The van der Waals surface area contributed by atoms with Crippen LogP contribution in [0, 0.1) is 20.8 Å². The summed E-state index contributed by atoms with van der Waals surface area (Å²) in [6, 6.07) is 9.57. The van der Waals surface area contributed by atoms with E-state index in [1.54, 1.807) is 12.1 Å². The molecule has 3 aromatic rings. The molecule has 1 heterocycles. The van der Waals surface area contributed by atoms with Crippen molar-refractivity contribution in [2.24, 2.45) is 4.99 Å². The highest BCUT2D eigenvalue weighted by Gasteiger charge is 2.11. The predicted molar refractivity (Wildman–Crippen MR) is 81.4 cm³/mol. The number of rotatable bonds is 2. The first-order chi connectivity index (χ1) is 10.1. The fourth-order valence-corrected chi connectivity index (χ4v) is 2.22. The smallest absolute Gasteiger partial charge is 0.240 e. The Bertz CT molecular complexity index is 848. The number of carbonyl (C=O) groups excluding carboxylic acids is 1. The van der Waals surface area contributed by atoms with Crippen molar-refractivity contribution >= 4 is 22.9 Å². The molecule has 4 nitrogen and oxygen atoms in total. The van der Waals surface area contributed by atoms with Crippen LogP contribution in [0.5, 0.6) is 0 Å². The van der Waals surface area contributed by atoms with E-state index in [4.69, 9.17) is 4.42 Å². The SMILES string of the molecule is Cc1cc2nc(-c3ccc(C)c(N=C=O)c3)oc2cc1C. The van der Waals surface area contributed by atoms with Crippen LogP contribution in [-0.4, -0.2) is 11.1 Å². The molecule has 0 saturated carbocycles. The van der Waals surface area contributed by atoms with Gasteiger partial charge in [-0.15, -0.1) is 0 Å². The van der Waals surface area contributed by atoms with Gasteiger partial charge in [0, 0.05) is 5.56 Å². The Morgan fingerprint density at radius 3 is 2.57 bits per heavy atom. The molecule has 2 aromatic carbocycles. The molecule has 0 atom stereocenters. The minimum Gasteiger partial charge on any atom is -0.436 e. The summed E-state index contributed by atoms with van der Waals surface area (Å²) in [7, 11) is 0. The van der Waals surface area contributed by atoms with E-state index in [0.29, 0.717) is 11.6 Å². The number of fused-ring (bicyclic) bond motifs is 1. The number of oxazole rings is 1. The van der Waals surface area contributed by atoms with Crippen molar-refractivity contribution in [3.63, 3.8) is 0 Å². The lowest BCUT2D eigenvalue weighted by Gasteiger charge is -2.00. The number of hydrogen-bond donors (Lipinski definition) is 0. The number of aryl methyl sites for hydroxylation is 3. The Balaban J connectivity index is 2.16. The van der Waals surface area contributed by atoms with Gasteiger partial charge >= 0.3 is 0 Å². The quantitative estimate of drug-likeness (QED) is 0.516. The van der Waals surface area contributed by atoms with Crippen molar-refractivity contribution in [1.82, 2.24) is 4.98 Å². The minimum atomic E-state index is 0.525. The van der Waals surface area contributed by atoms with E-state index in [9.17, 15) is 4.79 Å². The molecule has 0 spiro atoms. The van der Waals surface area contributed by atoms with Crippen LogP contribution in [0.15, 0.2) is 39.7 Å². The van der Waals surface area contributed by atoms with Crippen molar-refractivity contribution in [3.05, 3.63) is 47.0 Å². The molecule has 0 N–H and O–H groups in total. The Labute approximate surface area is 122 Å². The Hall–Kier alpha value is -2.71. The number of aliphatic imine (C=N–C) groups is 1. The zero-order valence-electron chi connectivity index (χ0n) is 12.1. The van der Waals surface area contributed by atoms with Gasteiger partial charge in [-0.3, -0.25) is 0 Å². The molecule has 0 fully saturated rings. The van der Waals surface area contributed by atoms with E-state index in [1.165, 1.54) is 11.1 Å². The van der Waals surface area contributed by atoms with Crippen molar-refractivity contribution in [3.8, 4) is 11.5 Å². The van der Waals surface area contributed by atoms with Gasteiger partial charge in [0.05, 0.1) is 5.69 Å². The van der Waals surface area contributed by atoms with Gasteiger partial charge in [0.2, 0.25) is 12.0 Å². The van der Waals surface area contributed by atoms with Crippen molar-refractivity contribution in [1.29, 1.82) is 0 Å². The maximum absolute atomic E-state index is 10.5. The van der Waals surface area contributed by atoms with Crippen LogP contribution in [0.1, 0.15) is 16.7 Å². The number of nitrogens with zero attached hydrogens (tertiary/aromatic N) is 2. The van der Waals surface area contributed by atoms with Gasteiger partial charge < -0.3 is 4.42 Å². The van der Waals surface area contributed by atoms with E-state index in [0.717, 1.165) is 22.2 Å². The Morgan fingerprint density at radius 1 is 1.05 bits per heavy atom. The molecule has 4 heteroatoms. The van der Waals surface area contributed by atoms with E-state index in [-0.39, 0.29) is 0 Å². The average molecular weight is 278 g/mol. The van der Waals surface area contributed by atoms with Gasteiger partial charge in [0.25, 0.3) is 0 Å². The number of isocyanates is 1. The number of benzene rings is 2. The largest absolute Gasteiger partial charge is 0.436 e. The third-order valence-corrected chi connectivity index (χ3v) is 3.63. The minimum absolute atomic E-state index is 0.525. The number of hydrogen-bond acceptors (Lipinski definition) is 4. The highest BCUT2D eigenvalue weighted by atomic mass is 16.3. The topological polar surface area (TPSA) is 55.5 Å². The molecule has 0 aliphatic heterocycles. The molecule has 21 heavy (non-hydrogen) atoms. The monoisotopic (exact) mass is 278 g/mol. The Morgan fingerprint density at radius 2 is 1.81 bits per heavy atom. The zero-order chi connectivity index (χ0) is 15.0. The first kappa shape index (κ1) is 13.3. The van der Waals surface area contributed by atoms with Crippen LogP contribution in [-0.2, 0) is 4.79 Å². The maximum atomic E-state index is 10.5. The Kier molecular flexibility index (Phi) is 3.16. The van der Waals surface area contributed by atoms with Gasteiger partial charge in [-0.1, -0.05) is 6.07 Å². The molecule has 0 aliphatic carbocycles. The summed E-state index contributed by atoms with van der Waals surface area (Å²) < 4.78 is 5.81. The lowest BCUT2D eigenvalue weighted by atomic mass is 10.1. The first-order valence-corrected chi connectivity index (χ1v) is 6.65. The van der Waals surface area contributed by atoms with Crippen LogP contribution >= 0.6 is 0 Å². The normalized spacial score (nSPS) is 10.6. The fraction of sp³-hybridized carbons (Fsp3) is 0.176. The van der Waals surface area contributed by atoms with Gasteiger partial charge in [0.15, 0.2) is 5.58 Å². The third kappa shape index (κ3) is 2.37. The van der Waals surface area contributed by atoms with E-state index in [2.05, 4.69) is 9.98 Å². The van der Waals surface area contributed by atoms with Crippen molar-refractivity contribution in [2.75, 3.05) is 0 Å². The molecule has 0 amide bonds. The average Bonchev–Trinajstić information content (AvgIpc) is 2.85. The third-order valence-electron chi connectivity index (χ3n) is 3.63. The van der Waals surface area contributed by atoms with E-state index < -0.39 is 0 Å². The highest BCUT2D eigenvalue weighted by Crippen LogP contribution is 2.30. The van der Waals surface area contributed by atoms with Crippen LogP contribution < -0.4 is 0 Å². The van der Waals surface area contributed by atoms with Crippen molar-refractivity contribution in [2.45, 2.75) is 20.8 Å². The summed E-state index contributed by atoms with van der Waals surface area (Å²) in [6.07, 6.45) is 1.57. The highest BCUT2D eigenvalue weighted by molar-refractivity contribution is 5.78. The first-order valence-electron chi connectivity index (χ1n) is 6.65. The molecule has 0 unspecified atom stereocenters. The van der Waals surface area contributed by atoms with E-state index in [1.807, 2.05) is 45.0 Å². The summed E-state index contributed by atoms with van der Waals surface area (Å²) in [5, 5.41) is 0. The molecule has 1 aromatic heterocycles. The molecule has 0 aliphatic rings. The molecule has 104 valence electrons. The molecule has 3 rings (SSSR count). The van der Waals surface area contributed by atoms with Crippen LogP contribution in [0.3, 0.4) is 0 Å². The summed E-state index contributed by atoms with van der Waals surface area (Å²) in [6.45, 7) is 5.98. The summed E-state index contributed by atoms with van der Waals surface area (Å²) in [4.78, 5) is 18.7. The summed E-state index contributed by atoms with van der Waals surface area (Å²) >= 11 is 0. The molecule has 0 radical (unpaired) electrons. The molecule has 0 saturated heterocycles. The molecule has 0 bridgehead atoms.